The molecule has 4 nitrogen and oxygen atoms in total. The molecular weight excluding hydrogens is 316 g/mol. The van der Waals surface area contributed by atoms with Crippen LogP contribution in [0.4, 0.5) is 0 Å². The van der Waals surface area contributed by atoms with E-state index in [4.69, 9.17) is 9.47 Å². The Morgan fingerprint density at radius 1 is 1.48 bits per heavy atom. The molecule has 2 atom stereocenters. The van der Waals surface area contributed by atoms with Crippen molar-refractivity contribution in [3.63, 3.8) is 0 Å². The number of carbonyl (C=O) groups excluding carboxylic acids is 2. The number of allylic oxidation sites excluding steroid dienone is 3. The third kappa shape index (κ3) is 4.71. The minimum absolute atomic E-state index is 0.0805. The van der Waals surface area contributed by atoms with Crippen LogP contribution in [0.15, 0.2) is 47.6 Å². The van der Waals surface area contributed by atoms with Crippen LogP contribution >= 0.6 is 0 Å². The average Bonchev–Trinajstić information content (AvgIpc) is 3.01. The van der Waals surface area contributed by atoms with E-state index in [0.717, 1.165) is 43.3 Å². The fourth-order valence-corrected chi connectivity index (χ4v) is 3.38. The van der Waals surface area contributed by atoms with Crippen LogP contribution in [0.25, 0.3) is 0 Å². The lowest BCUT2D eigenvalue weighted by Crippen LogP contribution is -2.26. The van der Waals surface area contributed by atoms with E-state index in [1.807, 2.05) is 12.2 Å². The second-order valence-corrected chi connectivity index (χ2v) is 7.23. The summed E-state index contributed by atoms with van der Waals surface area (Å²) in [7, 11) is 1.39. The van der Waals surface area contributed by atoms with Crippen molar-refractivity contribution in [2.24, 2.45) is 11.3 Å². The SMILES string of the molecule is C=C1CCC(C)C(C)(CCC2=CCOC2=O)CC=CC=C1C(=O)OC. The summed E-state index contributed by atoms with van der Waals surface area (Å²) in [4.78, 5) is 23.6. The minimum Gasteiger partial charge on any atom is -0.465 e. The predicted molar refractivity (Wildman–Crippen MR) is 97.8 cm³/mol. The van der Waals surface area contributed by atoms with E-state index >= 15 is 0 Å². The van der Waals surface area contributed by atoms with Crippen molar-refractivity contribution in [2.45, 2.75) is 46.0 Å². The molecule has 0 N–H and O–H groups in total. The van der Waals surface area contributed by atoms with Gasteiger partial charge in [-0.3, -0.25) is 0 Å². The van der Waals surface area contributed by atoms with E-state index < -0.39 is 0 Å². The number of methoxy groups -OCH3 is 1. The van der Waals surface area contributed by atoms with Gasteiger partial charge in [0.2, 0.25) is 0 Å². The van der Waals surface area contributed by atoms with Gasteiger partial charge in [-0.15, -0.1) is 0 Å². The second kappa shape index (κ2) is 8.32. The van der Waals surface area contributed by atoms with Crippen molar-refractivity contribution in [3.8, 4) is 0 Å². The first kappa shape index (κ1) is 19.2. The van der Waals surface area contributed by atoms with Gasteiger partial charge in [0.15, 0.2) is 0 Å². The van der Waals surface area contributed by atoms with Gasteiger partial charge >= 0.3 is 11.9 Å². The average molecular weight is 344 g/mol. The molecule has 0 fully saturated rings. The van der Waals surface area contributed by atoms with Crippen molar-refractivity contribution < 1.29 is 19.1 Å². The zero-order valence-corrected chi connectivity index (χ0v) is 15.5. The molecule has 0 saturated heterocycles. The highest BCUT2D eigenvalue weighted by atomic mass is 16.5. The van der Waals surface area contributed by atoms with E-state index in [-0.39, 0.29) is 17.4 Å². The van der Waals surface area contributed by atoms with Gasteiger partial charge in [-0.25, -0.2) is 9.59 Å². The molecular formula is C21H28O4. The largest absolute Gasteiger partial charge is 0.465 e. The van der Waals surface area contributed by atoms with Gasteiger partial charge in [0.05, 0.1) is 12.7 Å². The van der Waals surface area contributed by atoms with Gasteiger partial charge in [0.1, 0.15) is 6.61 Å². The zero-order chi connectivity index (χ0) is 18.4. The Labute approximate surface area is 150 Å². The molecule has 136 valence electrons. The number of cyclic esters (lactones) is 1. The first-order valence-corrected chi connectivity index (χ1v) is 8.87. The summed E-state index contributed by atoms with van der Waals surface area (Å²) in [5.74, 6) is -0.0769. The summed E-state index contributed by atoms with van der Waals surface area (Å²) in [5.41, 5.74) is 2.24. The summed E-state index contributed by atoms with van der Waals surface area (Å²) < 4.78 is 9.85. The summed E-state index contributed by atoms with van der Waals surface area (Å²) in [5, 5.41) is 0. The van der Waals surface area contributed by atoms with Crippen LogP contribution in [0.3, 0.4) is 0 Å². The van der Waals surface area contributed by atoms with Gasteiger partial charge in [-0.05, 0) is 61.2 Å². The smallest absolute Gasteiger partial charge is 0.338 e. The molecule has 0 aromatic rings. The Morgan fingerprint density at radius 2 is 2.24 bits per heavy atom. The van der Waals surface area contributed by atoms with Crippen molar-refractivity contribution >= 4 is 11.9 Å². The molecule has 0 radical (unpaired) electrons. The van der Waals surface area contributed by atoms with E-state index in [1.165, 1.54) is 7.11 Å². The molecule has 1 aliphatic heterocycles. The Hall–Kier alpha value is -2.10. The highest BCUT2D eigenvalue weighted by Gasteiger charge is 2.32. The third-order valence-corrected chi connectivity index (χ3v) is 5.61. The van der Waals surface area contributed by atoms with E-state index in [1.54, 1.807) is 6.08 Å². The van der Waals surface area contributed by atoms with Crippen molar-refractivity contribution in [2.75, 3.05) is 13.7 Å². The monoisotopic (exact) mass is 344 g/mol. The highest BCUT2D eigenvalue weighted by Crippen LogP contribution is 2.41. The van der Waals surface area contributed by atoms with Gasteiger partial charge in [-0.1, -0.05) is 32.6 Å². The molecule has 2 unspecified atom stereocenters. The summed E-state index contributed by atoms with van der Waals surface area (Å²) in [6.45, 7) is 8.99. The van der Waals surface area contributed by atoms with Gasteiger partial charge < -0.3 is 9.47 Å². The molecule has 0 spiro atoms. The number of hydrogen-bond donors (Lipinski definition) is 0. The maximum atomic E-state index is 11.9. The second-order valence-electron chi connectivity index (χ2n) is 7.23. The highest BCUT2D eigenvalue weighted by molar-refractivity contribution is 5.93. The summed E-state index contributed by atoms with van der Waals surface area (Å²) in [6, 6.07) is 0. The third-order valence-electron chi connectivity index (χ3n) is 5.61. The lowest BCUT2D eigenvalue weighted by atomic mass is 9.69. The maximum Gasteiger partial charge on any atom is 0.338 e. The number of esters is 2. The van der Waals surface area contributed by atoms with E-state index in [0.29, 0.717) is 18.1 Å². The van der Waals surface area contributed by atoms with Crippen LogP contribution in [0.2, 0.25) is 0 Å². The number of ether oxygens (including phenoxy) is 2. The summed E-state index contributed by atoms with van der Waals surface area (Å²) >= 11 is 0. The van der Waals surface area contributed by atoms with Crippen LogP contribution in [0, 0.1) is 11.3 Å². The Balaban J connectivity index is 2.13. The van der Waals surface area contributed by atoms with Gasteiger partial charge in [-0.2, -0.15) is 0 Å². The maximum absolute atomic E-state index is 11.9. The normalized spacial score (nSPS) is 27.4. The van der Waals surface area contributed by atoms with Gasteiger partial charge in [0.25, 0.3) is 0 Å². The molecule has 0 saturated carbocycles. The van der Waals surface area contributed by atoms with Crippen LogP contribution in [0.1, 0.15) is 46.0 Å². The van der Waals surface area contributed by atoms with Gasteiger partial charge in [0, 0.05) is 5.57 Å². The summed E-state index contributed by atoms with van der Waals surface area (Å²) in [6.07, 6.45) is 12.0. The standard InChI is InChI=1S/C21H28O4/c1-15-8-9-16(2)21(3,13-10-17-11-14-25-19(17)22)12-6-5-7-18(15)20(23)24-4/h5-7,11,16H,1,8-10,12-14H2,2-4H3. The molecule has 0 aromatic heterocycles. The van der Waals surface area contributed by atoms with E-state index in [2.05, 4.69) is 26.5 Å². The van der Waals surface area contributed by atoms with Crippen molar-refractivity contribution in [1.29, 1.82) is 0 Å². The zero-order valence-electron chi connectivity index (χ0n) is 15.5. The molecule has 0 amide bonds. The molecule has 2 rings (SSSR count). The number of hydrogen-bond acceptors (Lipinski definition) is 4. The fraction of sp³-hybridized carbons (Fsp3) is 0.524. The van der Waals surface area contributed by atoms with Crippen LogP contribution < -0.4 is 0 Å². The first-order chi connectivity index (χ1) is 11.9. The molecule has 1 heterocycles. The first-order valence-electron chi connectivity index (χ1n) is 8.87. The predicted octanol–water partition coefficient (Wildman–Crippen LogP) is 4.29. The van der Waals surface area contributed by atoms with Crippen molar-refractivity contribution in [1.82, 2.24) is 0 Å². The molecule has 2 aliphatic rings. The van der Waals surface area contributed by atoms with E-state index in [9.17, 15) is 9.59 Å². The lowest BCUT2D eigenvalue weighted by Gasteiger charge is -2.36. The minimum atomic E-state index is -0.336. The Kier molecular flexibility index (Phi) is 6.40. The number of rotatable bonds is 4. The number of carbonyl (C=O) groups is 2. The lowest BCUT2D eigenvalue weighted by molar-refractivity contribution is -0.136. The van der Waals surface area contributed by atoms with Crippen LogP contribution in [0.5, 0.6) is 0 Å². The van der Waals surface area contributed by atoms with Crippen LogP contribution in [-0.2, 0) is 19.1 Å². The molecule has 0 bridgehead atoms. The van der Waals surface area contributed by atoms with Crippen molar-refractivity contribution in [3.05, 3.63) is 47.6 Å². The fourth-order valence-electron chi connectivity index (χ4n) is 3.38. The molecule has 4 heteroatoms. The molecule has 25 heavy (non-hydrogen) atoms. The topological polar surface area (TPSA) is 52.6 Å². The molecule has 1 aliphatic carbocycles. The quantitative estimate of drug-likeness (QED) is 0.714. The molecule has 0 aromatic carbocycles. The Morgan fingerprint density at radius 3 is 2.88 bits per heavy atom. The van der Waals surface area contributed by atoms with Crippen LogP contribution in [-0.4, -0.2) is 25.7 Å². The Bertz CT molecular complexity index is 638.